The molecule has 0 aliphatic heterocycles. The average molecular weight is 408 g/mol. The number of aromatic nitrogens is 1. The van der Waals surface area contributed by atoms with Gasteiger partial charge in [-0.2, -0.15) is 0 Å². The Balaban J connectivity index is 1.87. The summed E-state index contributed by atoms with van der Waals surface area (Å²) < 4.78 is 27.6. The molecule has 134 valence electrons. The highest BCUT2D eigenvalue weighted by Gasteiger charge is 2.19. The van der Waals surface area contributed by atoms with Crippen molar-refractivity contribution in [1.82, 2.24) is 4.98 Å². The fourth-order valence-corrected chi connectivity index (χ4v) is 4.03. The fraction of sp³-hybridized carbons (Fsp3) is 0.0588. The minimum atomic E-state index is -3.86. The van der Waals surface area contributed by atoms with Gasteiger partial charge in [0.25, 0.3) is 15.9 Å². The second-order valence-corrected chi connectivity index (χ2v) is 8.69. The number of thiazole rings is 1. The minimum Gasteiger partial charge on any atom is -0.298 e. The van der Waals surface area contributed by atoms with E-state index in [2.05, 4.69) is 15.0 Å². The maximum Gasteiger partial charge on any atom is 0.261 e. The molecule has 0 fully saturated rings. The Kier molecular flexibility index (Phi) is 5.26. The van der Waals surface area contributed by atoms with Gasteiger partial charge in [-0.1, -0.05) is 23.7 Å². The second-order valence-electron chi connectivity index (χ2n) is 5.34. The number of hydrogen-bond acceptors (Lipinski definition) is 5. The molecule has 2 aromatic carbocycles. The summed E-state index contributed by atoms with van der Waals surface area (Å²) in [7, 11) is -3.86. The molecule has 0 bridgehead atoms. The van der Waals surface area contributed by atoms with E-state index in [4.69, 9.17) is 11.6 Å². The van der Waals surface area contributed by atoms with Crippen molar-refractivity contribution in [2.24, 2.45) is 0 Å². The lowest BCUT2D eigenvalue weighted by molar-refractivity contribution is 0.102. The lowest BCUT2D eigenvalue weighted by Gasteiger charge is -2.12. The maximum atomic E-state index is 12.6. The van der Waals surface area contributed by atoms with Crippen LogP contribution < -0.4 is 10.0 Å². The Hall–Kier alpha value is -2.42. The van der Waals surface area contributed by atoms with Gasteiger partial charge in [-0.05, 0) is 43.3 Å². The number of sulfonamides is 1. The molecule has 1 amide bonds. The number of para-hydroxylation sites is 1. The van der Waals surface area contributed by atoms with Crippen LogP contribution in [-0.2, 0) is 10.0 Å². The van der Waals surface area contributed by atoms with E-state index in [1.54, 1.807) is 18.3 Å². The molecular formula is C17H14ClN3O3S2. The van der Waals surface area contributed by atoms with E-state index in [9.17, 15) is 13.2 Å². The van der Waals surface area contributed by atoms with Gasteiger partial charge in [0.15, 0.2) is 5.13 Å². The van der Waals surface area contributed by atoms with Crippen molar-refractivity contribution in [3.8, 4) is 0 Å². The van der Waals surface area contributed by atoms with Crippen LogP contribution in [0.2, 0.25) is 5.02 Å². The van der Waals surface area contributed by atoms with E-state index >= 15 is 0 Å². The van der Waals surface area contributed by atoms with Gasteiger partial charge < -0.3 is 0 Å². The lowest BCUT2D eigenvalue weighted by atomic mass is 10.2. The van der Waals surface area contributed by atoms with Crippen molar-refractivity contribution in [3.63, 3.8) is 0 Å². The van der Waals surface area contributed by atoms with Crippen LogP contribution in [0.15, 0.2) is 59.6 Å². The molecule has 6 nitrogen and oxygen atoms in total. The number of nitrogens with zero attached hydrogens (tertiary/aromatic N) is 1. The third-order valence-electron chi connectivity index (χ3n) is 3.38. The predicted molar refractivity (Wildman–Crippen MR) is 104 cm³/mol. The van der Waals surface area contributed by atoms with Crippen LogP contribution in [0.3, 0.4) is 0 Å². The Morgan fingerprint density at radius 1 is 1.12 bits per heavy atom. The van der Waals surface area contributed by atoms with Crippen molar-refractivity contribution in [2.45, 2.75) is 11.8 Å². The van der Waals surface area contributed by atoms with Crippen LogP contribution in [-0.4, -0.2) is 19.3 Å². The van der Waals surface area contributed by atoms with Gasteiger partial charge in [-0.25, -0.2) is 13.4 Å². The highest BCUT2D eigenvalue weighted by atomic mass is 35.5. The van der Waals surface area contributed by atoms with Crippen molar-refractivity contribution in [1.29, 1.82) is 0 Å². The van der Waals surface area contributed by atoms with E-state index in [0.29, 0.717) is 10.2 Å². The van der Waals surface area contributed by atoms with E-state index in [1.807, 2.05) is 6.92 Å². The zero-order valence-corrected chi connectivity index (χ0v) is 16.0. The Labute approximate surface area is 159 Å². The first-order valence-electron chi connectivity index (χ1n) is 7.46. The monoisotopic (exact) mass is 407 g/mol. The number of carbonyl (C=O) groups is 1. The molecule has 1 aromatic heterocycles. The van der Waals surface area contributed by atoms with Gasteiger partial charge >= 0.3 is 0 Å². The number of anilines is 2. The first kappa shape index (κ1) is 18.4. The van der Waals surface area contributed by atoms with Crippen LogP contribution in [0.25, 0.3) is 0 Å². The fourth-order valence-electron chi connectivity index (χ4n) is 2.16. The summed E-state index contributed by atoms with van der Waals surface area (Å²) in [6.45, 7) is 1.88. The quantitative estimate of drug-likeness (QED) is 0.664. The number of halogens is 1. The van der Waals surface area contributed by atoms with Gasteiger partial charge in [0, 0.05) is 16.1 Å². The average Bonchev–Trinajstić information content (AvgIpc) is 3.00. The maximum absolute atomic E-state index is 12.6. The number of benzene rings is 2. The summed E-state index contributed by atoms with van der Waals surface area (Å²) in [5.41, 5.74) is 0.367. The van der Waals surface area contributed by atoms with E-state index < -0.39 is 15.9 Å². The molecular weight excluding hydrogens is 394 g/mol. The molecule has 26 heavy (non-hydrogen) atoms. The molecule has 0 spiro atoms. The summed E-state index contributed by atoms with van der Waals surface area (Å²) in [5, 5.41) is 3.55. The van der Waals surface area contributed by atoms with Crippen molar-refractivity contribution in [3.05, 3.63) is 70.2 Å². The summed E-state index contributed by atoms with van der Waals surface area (Å²) >= 11 is 7.13. The summed E-state index contributed by atoms with van der Waals surface area (Å²) in [5.74, 6) is -0.450. The number of aryl methyl sites for hydroxylation is 1. The number of hydrogen-bond donors (Lipinski definition) is 2. The van der Waals surface area contributed by atoms with Crippen molar-refractivity contribution >= 4 is 49.7 Å². The molecule has 0 aliphatic rings. The highest BCUT2D eigenvalue weighted by Crippen LogP contribution is 2.23. The van der Waals surface area contributed by atoms with Crippen molar-refractivity contribution < 1.29 is 13.2 Å². The third-order valence-corrected chi connectivity index (χ3v) is 5.84. The molecule has 3 aromatic rings. The second kappa shape index (κ2) is 7.45. The molecule has 0 saturated heterocycles. The SMILES string of the molecule is Cc1cnc(NC(=O)c2ccccc2NS(=O)(=O)c2ccc(Cl)cc2)s1. The minimum absolute atomic E-state index is 0.0488. The molecule has 2 N–H and O–H groups in total. The highest BCUT2D eigenvalue weighted by molar-refractivity contribution is 7.92. The summed E-state index contributed by atoms with van der Waals surface area (Å²) in [4.78, 5) is 17.6. The molecule has 0 atom stereocenters. The van der Waals surface area contributed by atoms with E-state index in [0.717, 1.165) is 4.88 Å². The van der Waals surface area contributed by atoms with E-state index in [-0.39, 0.29) is 16.1 Å². The van der Waals surface area contributed by atoms with Crippen LogP contribution in [0, 0.1) is 6.92 Å². The molecule has 1 heterocycles. The molecule has 0 unspecified atom stereocenters. The smallest absolute Gasteiger partial charge is 0.261 e. The predicted octanol–water partition coefficient (Wildman–Crippen LogP) is 4.16. The summed E-state index contributed by atoms with van der Waals surface area (Å²) in [6.07, 6.45) is 1.65. The largest absolute Gasteiger partial charge is 0.298 e. The van der Waals surface area contributed by atoms with Crippen LogP contribution in [0.5, 0.6) is 0 Å². The number of amides is 1. The lowest BCUT2D eigenvalue weighted by Crippen LogP contribution is -2.18. The molecule has 3 rings (SSSR count). The Morgan fingerprint density at radius 2 is 1.81 bits per heavy atom. The number of rotatable bonds is 5. The topological polar surface area (TPSA) is 88.2 Å². The zero-order chi connectivity index (χ0) is 18.7. The third kappa shape index (κ3) is 4.21. The Bertz CT molecular complexity index is 1050. The summed E-state index contributed by atoms with van der Waals surface area (Å²) in [6, 6.07) is 12.1. The van der Waals surface area contributed by atoms with Crippen LogP contribution in [0.1, 0.15) is 15.2 Å². The van der Waals surface area contributed by atoms with Gasteiger partial charge in [-0.15, -0.1) is 11.3 Å². The zero-order valence-electron chi connectivity index (χ0n) is 13.6. The van der Waals surface area contributed by atoms with Gasteiger partial charge in [0.1, 0.15) is 0 Å². The molecule has 9 heteroatoms. The Morgan fingerprint density at radius 3 is 2.46 bits per heavy atom. The van der Waals surface area contributed by atoms with Gasteiger partial charge in [0.2, 0.25) is 0 Å². The van der Waals surface area contributed by atoms with Crippen LogP contribution in [0.4, 0.5) is 10.8 Å². The number of nitrogens with one attached hydrogen (secondary N) is 2. The normalized spacial score (nSPS) is 11.2. The van der Waals surface area contributed by atoms with E-state index in [1.165, 1.54) is 47.7 Å². The van der Waals surface area contributed by atoms with Gasteiger partial charge in [-0.3, -0.25) is 14.8 Å². The number of carbonyl (C=O) groups excluding carboxylic acids is 1. The molecule has 0 saturated carbocycles. The molecule has 0 radical (unpaired) electrons. The van der Waals surface area contributed by atoms with Crippen LogP contribution >= 0.6 is 22.9 Å². The van der Waals surface area contributed by atoms with Gasteiger partial charge in [0.05, 0.1) is 16.1 Å². The van der Waals surface area contributed by atoms with Crippen molar-refractivity contribution in [2.75, 3.05) is 10.0 Å². The standard InChI is InChI=1S/C17H14ClN3O3S2/c1-11-10-19-17(25-11)20-16(22)14-4-2-3-5-15(14)21-26(23,24)13-8-6-12(18)7-9-13/h2-10,21H,1H3,(H,19,20,22). The first-order valence-corrected chi connectivity index (χ1v) is 10.1. The first-order chi connectivity index (χ1) is 12.3. The molecule has 0 aliphatic carbocycles.